The number of carbonyl (C=O) groups excluding carboxylic acids is 1. The lowest BCUT2D eigenvalue weighted by Gasteiger charge is -2.34. The average Bonchev–Trinajstić information content (AvgIpc) is 3.34. The molecule has 3 aromatic rings. The number of halogens is 1. The van der Waals surface area contributed by atoms with Gasteiger partial charge in [0.15, 0.2) is 0 Å². The van der Waals surface area contributed by atoms with Gasteiger partial charge in [-0.3, -0.25) is 4.79 Å². The fourth-order valence-corrected chi connectivity index (χ4v) is 4.97. The zero-order chi connectivity index (χ0) is 22.0. The highest BCUT2D eigenvalue weighted by molar-refractivity contribution is 7.89. The SMILES string of the molecule is COc1ccc(S(=O)(=O)N2CCN(C(=O)c3cc(-n4cccc4)ccc3F)CC2)cc1. The van der Waals surface area contributed by atoms with Gasteiger partial charge in [-0.1, -0.05) is 0 Å². The molecule has 9 heteroatoms. The zero-order valence-electron chi connectivity index (χ0n) is 16.9. The van der Waals surface area contributed by atoms with Crippen molar-refractivity contribution in [3.63, 3.8) is 0 Å². The molecule has 2 heterocycles. The molecule has 0 unspecified atom stereocenters. The van der Waals surface area contributed by atoms with Crippen LogP contribution in [0.3, 0.4) is 0 Å². The minimum absolute atomic E-state index is 0.0299. The van der Waals surface area contributed by atoms with Gasteiger partial charge < -0.3 is 14.2 Å². The third-order valence-corrected chi connectivity index (χ3v) is 7.22. The van der Waals surface area contributed by atoms with E-state index >= 15 is 0 Å². The largest absolute Gasteiger partial charge is 0.497 e. The monoisotopic (exact) mass is 443 g/mol. The number of benzene rings is 2. The molecule has 162 valence electrons. The number of sulfonamides is 1. The van der Waals surface area contributed by atoms with Gasteiger partial charge in [0.05, 0.1) is 17.6 Å². The maximum absolute atomic E-state index is 14.4. The number of rotatable bonds is 5. The average molecular weight is 444 g/mol. The number of hydrogen-bond donors (Lipinski definition) is 0. The van der Waals surface area contributed by atoms with Crippen molar-refractivity contribution in [3.8, 4) is 11.4 Å². The number of ether oxygens (including phenoxy) is 1. The quantitative estimate of drug-likeness (QED) is 0.608. The van der Waals surface area contributed by atoms with Gasteiger partial charge >= 0.3 is 0 Å². The number of amides is 1. The van der Waals surface area contributed by atoms with Crippen LogP contribution < -0.4 is 4.74 Å². The summed E-state index contributed by atoms with van der Waals surface area (Å²) >= 11 is 0. The molecule has 0 N–H and O–H groups in total. The molecule has 0 saturated carbocycles. The molecule has 2 aromatic carbocycles. The van der Waals surface area contributed by atoms with Gasteiger partial charge in [0.1, 0.15) is 11.6 Å². The van der Waals surface area contributed by atoms with E-state index in [1.165, 1.54) is 40.6 Å². The van der Waals surface area contributed by atoms with Gasteiger partial charge in [0.2, 0.25) is 10.0 Å². The Labute approximate surface area is 180 Å². The van der Waals surface area contributed by atoms with Crippen molar-refractivity contribution in [2.45, 2.75) is 4.90 Å². The standard InChI is InChI=1S/C22H22FN3O4S/c1-30-18-5-7-19(8-6-18)31(28,29)26-14-12-25(13-15-26)22(27)20-16-17(4-9-21(20)23)24-10-2-3-11-24/h2-11,16H,12-15H2,1H3. The van der Waals surface area contributed by atoms with E-state index in [1.807, 2.05) is 24.5 Å². The summed E-state index contributed by atoms with van der Waals surface area (Å²) in [5.41, 5.74) is 0.646. The summed E-state index contributed by atoms with van der Waals surface area (Å²) in [6, 6.07) is 14.2. The van der Waals surface area contributed by atoms with Crippen LogP contribution >= 0.6 is 0 Å². The normalized spacial score (nSPS) is 15.1. The van der Waals surface area contributed by atoms with E-state index in [4.69, 9.17) is 4.74 Å². The van der Waals surface area contributed by atoms with Crippen molar-refractivity contribution in [2.75, 3.05) is 33.3 Å². The molecule has 0 bridgehead atoms. The first kappa shape index (κ1) is 21.1. The summed E-state index contributed by atoms with van der Waals surface area (Å²) in [4.78, 5) is 14.6. The van der Waals surface area contributed by atoms with Crippen molar-refractivity contribution in [3.05, 3.63) is 78.4 Å². The van der Waals surface area contributed by atoms with Crippen molar-refractivity contribution >= 4 is 15.9 Å². The first-order chi connectivity index (χ1) is 14.9. The van der Waals surface area contributed by atoms with Crippen LogP contribution in [0.1, 0.15) is 10.4 Å². The van der Waals surface area contributed by atoms with E-state index in [9.17, 15) is 17.6 Å². The summed E-state index contributed by atoms with van der Waals surface area (Å²) in [7, 11) is -2.17. The van der Waals surface area contributed by atoms with Gasteiger partial charge in [-0.05, 0) is 54.6 Å². The van der Waals surface area contributed by atoms with Crippen LogP contribution in [0.2, 0.25) is 0 Å². The predicted octanol–water partition coefficient (Wildman–Crippen LogP) is 2.77. The fourth-order valence-electron chi connectivity index (χ4n) is 3.54. The number of nitrogens with zero attached hydrogens (tertiary/aromatic N) is 3. The third-order valence-electron chi connectivity index (χ3n) is 5.31. The minimum atomic E-state index is -3.68. The number of hydrogen-bond acceptors (Lipinski definition) is 4. The molecule has 31 heavy (non-hydrogen) atoms. The van der Waals surface area contributed by atoms with E-state index in [-0.39, 0.29) is 36.6 Å². The lowest BCUT2D eigenvalue weighted by atomic mass is 10.1. The third kappa shape index (κ3) is 4.19. The van der Waals surface area contributed by atoms with Crippen molar-refractivity contribution in [1.82, 2.24) is 13.8 Å². The van der Waals surface area contributed by atoms with Gasteiger partial charge in [-0.25, -0.2) is 12.8 Å². The molecule has 1 fully saturated rings. The molecule has 7 nitrogen and oxygen atoms in total. The Bertz CT molecular complexity index is 1170. The second-order valence-electron chi connectivity index (χ2n) is 7.13. The summed E-state index contributed by atoms with van der Waals surface area (Å²) < 4.78 is 48.3. The van der Waals surface area contributed by atoms with Crippen LogP contribution in [-0.2, 0) is 10.0 Å². The zero-order valence-corrected chi connectivity index (χ0v) is 17.8. The van der Waals surface area contributed by atoms with Crippen LogP contribution in [0.25, 0.3) is 5.69 Å². The second kappa shape index (κ2) is 8.52. The summed E-state index contributed by atoms with van der Waals surface area (Å²) in [5.74, 6) is -0.485. The van der Waals surface area contributed by atoms with Crippen LogP contribution in [-0.4, -0.2) is 61.4 Å². The molecule has 0 spiro atoms. The Morgan fingerprint density at radius 1 is 0.968 bits per heavy atom. The molecule has 1 amide bonds. The first-order valence-corrected chi connectivity index (χ1v) is 11.2. The molecule has 1 saturated heterocycles. The van der Waals surface area contributed by atoms with Crippen LogP contribution in [0, 0.1) is 5.82 Å². The topological polar surface area (TPSA) is 71.9 Å². The fraction of sp³-hybridized carbons (Fsp3) is 0.227. The van der Waals surface area contributed by atoms with Gasteiger partial charge in [-0.15, -0.1) is 0 Å². The van der Waals surface area contributed by atoms with E-state index in [2.05, 4.69) is 0 Å². The number of carbonyl (C=O) groups is 1. The Morgan fingerprint density at radius 2 is 1.61 bits per heavy atom. The lowest BCUT2D eigenvalue weighted by molar-refractivity contribution is 0.0693. The molecular weight excluding hydrogens is 421 g/mol. The van der Waals surface area contributed by atoms with Crippen LogP contribution in [0.15, 0.2) is 71.9 Å². The van der Waals surface area contributed by atoms with Gasteiger partial charge in [-0.2, -0.15) is 4.31 Å². The molecule has 4 rings (SSSR count). The first-order valence-electron chi connectivity index (χ1n) is 9.76. The van der Waals surface area contributed by atoms with Crippen molar-refractivity contribution in [1.29, 1.82) is 0 Å². The molecule has 0 radical (unpaired) electrons. The van der Waals surface area contributed by atoms with Crippen LogP contribution in [0.4, 0.5) is 4.39 Å². The summed E-state index contributed by atoms with van der Waals surface area (Å²) in [5, 5.41) is 0. The highest BCUT2D eigenvalue weighted by atomic mass is 32.2. The molecule has 1 aliphatic rings. The Hall–Kier alpha value is -3.17. The molecule has 0 atom stereocenters. The van der Waals surface area contributed by atoms with E-state index in [0.717, 1.165) is 0 Å². The highest BCUT2D eigenvalue weighted by Crippen LogP contribution is 2.22. The van der Waals surface area contributed by atoms with E-state index < -0.39 is 21.7 Å². The molecular formula is C22H22FN3O4S. The molecule has 1 aliphatic heterocycles. The minimum Gasteiger partial charge on any atom is -0.497 e. The van der Waals surface area contributed by atoms with Crippen molar-refractivity contribution < 1.29 is 22.3 Å². The second-order valence-corrected chi connectivity index (χ2v) is 9.06. The van der Waals surface area contributed by atoms with E-state index in [0.29, 0.717) is 11.4 Å². The summed E-state index contributed by atoms with van der Waals surface area (Å²) in [6.45, 7) is 0.640. The van der Waals surface area contributed by atoms with Crippen molar-refractivity contribution in [2.24, 2.45) is 0 Å². The predicted molar refractivity (Wildman–Crippen MR) is 113 cm³/mol. The maximum atomic E-state index is 14.4. The molecule has 1 aromatic heterocycles. The highest BCUT2D eigenvalue weighted by Gasteiger charge is 2.31. The van der Waals surface area contributed by atoms with Crippen LogP contribution in [0.5, 0.6) is 5.75 Å². The van der Waals surface area contributed by atoms with E-state index in [1.54, 1.807) is 22.8 Å². The Balaban J connectivity index is 1.47. The Morgan fingerprint density at radius 3 is 2.23 bits per heavy atom. The maximum Gasteiger partial charge on any atom is 0.256 e. The molecule has 0 aliphatic carbocycles. The number of aromatic nitrogens is 1. The van der Waals surface area contributed by atoms with Gasteiger partial charge in [0.25, 0.3) is 5.91 Å². The lowest BCUT2D eigenvalue weighted by Crippen LogP contribution is -2.50. The number of piperazine rings is 1. The smallest absolute Gasteiger partial charge is 0.256 e. The summed E-state index contributed by atoms with van der Waals surface area (Å²) in [6.07, 6.45) is 3.62. The Kier molecular flexibility index (Phi) is 5.79. The number of methoxy groups -OCH3 is 1. The van der Waals surface area contributed by atoms with Gasteiger partial charge in [0, 0.05) is 44.3 Å².